The fraction of sp³-hybridized carbons (Fsp3) is 0.591. The predicted molar refractivity (Wildman–Crippen MR) is 107 cm³/mol. The molecule has 2 aliphatic carbocycles. The summed E-state index contributed by atoms with van der Waals surface area (Å²) in [5.74, 6) is -3.13. The molecule has 1 aromatic carbocycles. The van der Waals surface area contributed by atoms with Crippen LogP contribution >= 0.6 is 0 Å². The molecule has 30 heavy (non-hydrogen) atoms. The second kappa shape index (κ2) is 7.98. The summed E-state index contributed by atoms with van der Waals surface area (Å²) in [5, 5.41) is 11.3. The van der Waals surface area contributed by atoms with E-state index in [1.165, 1.54) is 18.2 Å². The van der Waals surface area contributed by atoms with Crippen LogP contribution in [0.3, 0.4) is 0 Å². The Kier molecular flexibility index (Phi) is 5.91. The smallest absolute Gasteiger partial charge is 0.333 e. The van der Waals surface area contributed by atoms with Crippen molar-refractivity contribution >= 4 is 17.8 Å². The van der Waals surface area contributed by atoms with Gasteiger partial charge >= 0.3 is 11.9 Å². The summed E-state index contributed by atoms with van der Waals surface area (Å²) in [4.78, 5) is 36.4. The van der Waals surface area contributed by atoms with Gasteiger partial charge in [-0.3, -0.25) is 9.59 Å². The van der Waals surface area contributed by atoms with Crippen molar-refractivity contribution in [1.82, 2.24) is 5.32 Å². The first-order valence-corrected chi connectivity index (χ1v) is 10.2. The highest BCUT2D eigenvalue weighted by Gasteiger charge is 2.61. The van der Waals surface area contributed by atoms with Crippen LogP contribution in [0.4, 0.5) is 4.39 Å². The number of carbonyl (C=O) groups excluding carboxylic acids is 2. The molecular weight excluding hydrogens is 391 g/mol. The number of rotatable bonds is 7. The van der Waals surface area contributed by atoms with Gasteiger partial charge in [0.25, 0.3) is 0 Å². The number of carbonyl (C=O) groups is 3. The molecule has 0 saturated heterocycles. The number of hydrogen-bond donors (Lipinski definition) is 3. The van der Waals surface area contributed by atoms with E-state index in [0.717, 1.165) is 19.3 Å². The topological polar surface area (TPSA) is 119 Å². The number of fused-ring (bicyclic) bond motifs is 2. The molecule has 4 N–H and O–H groups in total. The number of aliphatic carboxylic acids is 1. The van der Waals surface area contributed by atoms with Gasteiger partial charge in [0.05, 0.1) is 12.5 Å². The van der Waals surface area contributed by atoms with Crippen molar-refractivity contribution in [1.29, 1.82) is 0 Å². The maximum Gasteiger partial charge on any atom is 0.333 e. The molecule has 3 unspecified atom stereocenters. The summed E-state index contributed by atoms with van der Waals surface area (Å²) in [6.07, 6.45) is 2.00. The van der Waals surface area contributed by atoms with Gasteiger partial charge < -0.3 is 20.9 Å². The largest absolute Gasteiger partial charge is 0.481 e. The molecule has 2 bridgehead atoms. The first-order chi connectivity index (χ1) is 14.0. The minimum Gasteiger partial charge on any atom is -0.481 e. The molecular formula is C22H29FN2O5. The first kappa shape index (κ1) is 22.2. The molecule has 0 heterocycles. The molecule has 0 aliphatic heterocycles. The van der Waals surface area contributed by atoms with Crippen molar-refractivity contribution in [3.05, 3.63) is 35.6 Å². The highest BCUT2D eigenvalue weighted by atomic mass is 19.1. The molecule has 0 radical (unpaired) electrons. The maximum atomic E-state index is 14.5. The van der Waals surface area contributed by atoms with Crippen molar-refractivity contribution in [3.63, 3.8) is 0 Å². The summed E-state index contributed by atoms with van der Waals surface area (Å²) in [7, 11) is 0. The Bertz CT molecular complexity index is 853. The van der Waals surface area contributed by atoms with Crippen LogP contribution < -0.4 is 11.1 Å². The fourth-order valence-corrected chi connectivity index (χ4v) is 5.24. The summed E-state index contributed by atoms with van der Waals surface area (Å²) in [6.45, 7) is 6.23. The van der Waals surface area contributed by atoms with Crippen LogP contribution in [0.2, 0.25) is 0 Å². The molecule has 1 amide bonds. The van der Waals surface area contributed by atoms with Gasteiger partial charge in [-0.25, -0.2) is 9.18 Å². The van der Waals surface area contributed by atoms with Gasteiger partial charge in [0.15, 0.2) is 6.04 Å². The number of amides is 1. The molecule has 1 aromatic rings. The van der Waals surface area contributed by atoms with Gasteiger partial charge in [0, 0.05) is 16.4 Å². The lowest BCUT2D eigenvalue weighted by molar-refractivity contribution is -0.168. The number of carboxylic acids is 1. The van der Waals surface area contributed by atoms with E-state index in [1.54, 1.807) is 6.07 Å². The number of ether oxygens (including phenoxy) is 1. The van der Waals surface area contributed by atoms with Crippen molar-refractivity contribution in [2.75, 3.05) is 0 Å². The van der Waals surface area contributed by atoms with Crippen molar-refractivity contribution < 1.29 is 28.6 Å². The number of nitrogens with one attached hydrogen (secondary N) is 1. The zero-order chi connectivity index (χ0) is 22.3. The summed E-state index contributed by atoms with van der Waals surface area (Å²) < 4.78 is 20.4. The monoisotopic (exact) mass is 420 g/mol. The molecule has 0 aromatic heterocycles. The Labute approximate surface area is 175 Å². The number of nitrogens with two attached hydrogens (primary N) is 1. The zero-order valence-electron chi connectivity index (χ0n) is 17.5. The fourth-order valence-electron chi connectivity index (χ4n) is 5.24. The van der Waals surface area contributed by atoms with Gasteiger partial charge in [-0.05, 0) is 31.2 Å². The number of carboxylic acid groups (broad SMARTS) is 1. The van der Waals surface area contributed by atoms with E-state index in [1.807, 2.05) is 0 Å². The molecule has 3 rings (SSSR count). The third-order valence-corrected chi connectivity index (χ3v) is 6.84. The van der Waals surface area contributed by atoms with Crippen LogP contribution in [0.15, 0.2) is 24.3 Å². The minimum atomic E-state index is -1.42. The average molecular weight is 420 g/mol. The number of halogens is 1. The Balaban J connectivity index is 1.85. The lowest BCUT2D eigenvalue weighted by Crippen LogP contribution is -2.48. The highest BCUT2D eigenvalue weighted by molar-refractivity contribution is 5.90. The van der Waals surface area contributed by atoms with Crippen molar-refractivity contribution in [3.8, 4) is 0 Å². The quantitative estimate of drug-likeness (QED) is 0.584. The van der Waals surface area contributed by atoms with E-state index < -0.39 is 42.2 Å². The highest BCUT2D eigenvalue weighted by Crippen LogP contribution is 2.63. The van der Waals surface area contributed by atoms with Gasteiger partial charge in [-0.1, -0.05) is 39.0 Å². The van der Waals surface area contributed by atoms with Crippen LogP contribution in [0.1, 0.15) is 58.1 Å². The van der Waals surface area contributed by atoms with E-state index in [4.69, 9.17) is 15.6 Å². The molecule has 0 spiro atoms. The van der Waals surface area contributed by atoms with Crippen LogP contribution in [0, 0.1) is 22.6 Å². The summed E-state index contributed by atoms with van der Waals surface area (Å²) in [5.41, 5.74) is 5.18. The Hall–Kier alpha value is -2.48. The second-order valence-corrected chi connectivity index (χ2v) is 9.40. The van der Waals surface area contributed by atoms with Crippen molar-refractivity contribution in [2.45, 2.75) is 64.6 Å². The molecule has 2 aliphatic rings. The molecule has 8 heteroatoms. The average Bonchev–Trinajstić information content (AvgIpc) is 3.14. The van der Waals surface area contributed by atoms with Gasteiger partial charge in [0.1, 0.15) is 11.9 Å². The van der Waals surface area contributed by atoms with E-state index in [2.05, 4.69) is 26.1 Å². The number of benzene rings is 1. The summed E-state index contributed by atoms with van der Waals surface area (Å²) in [6, 6.07) is 2.79. The normalized spacial score (nSPS) is 28.6. The zero-order valence-corrected chi connectivity index (χ0v) is 17.5. The van der Waals surface area contributed by atoms with E-state index >= 15 is 0 Å². The SMILES string of the molecule is CC12CCC(C1)C(C)(C)C2OC(=O)[C@H](NC(=O)[C@@H](N)CC(=O)O)c1ccccc1F. The molecule has 5 atom stereocenters. The number of esters is 1. The first-order valence-electron chi connectivity index (χ1n) is 10.2. The third-order valence-electron chi connectivity index (χ3n) is 6.84. The Morgan fingerprint density at radius 3 is 2.53 bits per heavy atom. The Morgan fingerprint density at radius 2 is 1.97 bits per heavy atom. The summed E-state index contributed by atoms with van der Waals surface area (Å²) >= 11 is 0. The lowest BCUT2D eigenvalue weighted by Gasteiger charge is -2.42. The van der Waals surface area contributed by atoms with Crippen LogP contribution in [0.5, 0.6) is 0 Å². The molecule has 7 nitrogen and oxygen atoms in total. The van der Waals surface area contributed by atoms with E-state index in [-0.39, 0.29) is 22.5 Å². The third kappa shape index (κ3) is 4.05. The lowest BCUT2D eigenvalue weighted by atomic mass is 9.70. The van der Waals surface area contributed by atoms with Gasteiger partial charge in [-0.2, -0.15) is 0 Å². The second-order valence-electron chi connectivity index (χ2n) is 9.40. The van der Waals surface area contributed by atoms with E-state index in [0.29, 0.717) is 5.92 Å². The van der Waals surface area contributed by atoms with Crippen LogP contribution in [-0.2, 0) is 19.1 Å². The molecule has 2 saturated carbocycles. The van der Waals surface area contributed by atoms with E-state index in [9.17, 15) is 18.8 Å². The molecule has 2 fully saturated rings. The van der Waals surface area contributed by atoms with Crippen LogP contribution in [-0.4, -0.2) is 35.1 Å². The molecule has 164 valence electrons. The Morgan fingerprint density at radius 1 is 1.30 bits per heavy atom. The predicted octanol–water partition coefficient (Wildman–Crippen LogP) is 2.54. The van der Waals surface area contributed by atoms with Gasteiger partial charge in [0.2, 0.25) is 5.91 Å². The minimum absolute atomic E-state index is 0.0514. The van der Waals surface area contributed by atoms with Crippen molar-refractivity contribution in [2.24, 2.45) is 22.5 Å². The standard InChI is InChI=1S/C22H29FN2O5/c1-21(2)12-8-9-22(3,11-12)20(21)30-19(29)17(13-6-4-5-7-14(13)23)25-18(28)15(24)10-16(26)27/h4-7,12,15,17,20H,8-11,24H2,1-3H3,(H,25,28)(H,26,27)/t12?,15-,17+,20?,22?/m0/s1. The maximum absolute atomic E-state index is 14.5. The van der Waals surface area contributed by atoms with Crippen LogP contribution in [0.25, 0.3) is 0 Å². The number of hydrogen-bond acceptors (Lipinski definition) is 5. The van der Waals surface area contributed by atoms with Gasteiger partial charge in [-0.15, -0.1) is 0 Å².